The Balaban J connectivity index is 1.94. The molecule has 0 bridgehead atoms. The molecular weight excluding hydrogens is 359 g/mol. The van der Waals surface area contributed by atoms with Crippen LogP contribution in [0.4, 0.5) is 18.0 Å². The predicted octanol–water partition coefficient (Wildman–Crippen LogP) is 5.53. The van der Waals surface area contributed by atoms with Crippen molar-refractivity contribution in [2.45, 2.75) is 39.1 Å². The van der Waals surface area contributed by atoms with E-state index >= 15 is 0 Å². The third kappa shape index (κ3) is 4.35. The molecule has 144 valence electrons. The standard InChI is InChI=1S/C20H20F3NO3/c1-19(2)10-9-13-3-4-14(11-16(13)17(19)24-18(25)26)12-5-7-15(8-6-12)27-20(21,22)23/h3-8,11,17,24H,9-10H2,1-2H3,(H,25,26)/t17-/m1/s1. The quantitative estimate of drug-likeness (QED) is 0.737. The van der Waals surface area contributed by atoms with Crippen LogP contribution >= 0.6 is 0 Å². The molecule has 0 unspecified atom stereocenters. The summed E-state index contributed by atoms with van der Waals surface area (Å²) >= 11 is 0. The van der Waals surface area contributed by atoms with Crippen LogP contribution in [0.2, 0.25) is 0 Å². The van der Waals surface area contributed by atoms with Gasteiger partial charge in [-0.3, -0.25) is 0 Å². The molecule has 0 fully saturated rings. The van der Waals surface area contributed by atoms with Crippen molar-refractivity contribution in [3.8, 4) is 16.9 Å². The molecule has 1 aliphatic carbocycles. The fourth-order valence-corrected chi connectivity index (χ4v) is 3.54. The van der Waals surface area contributed by atoms with Crippen molar-refractivity contribution in [2.24, 2.45) is 5.41 Å². The van der Waals surface area contributed by atoms with Gasteiger partial charge >= 0.3 is 12.5 Å². The first-order valence-corrected chi connectivity index (χ1v) is 8.54. The lowest BCUT2D eigenvalue weighted by Gasteiger charge is -2.40. The van der Waals surface area contributed by atoms with E-state index in [0.717, 1.165) is 35.1 Å². The number of nitrogens with one attached hydrogen (secondary N) is 1. The molecule has 4 nitrogen and oxygen atoms in total. The van der Waals surface area contributed by atoms with Crippen LogP contribution in [0.25, 0.3) is 11.1 Å². The second-order valence-electron chi connectivity index (χ2n) is 7.36. The number of halogens is 3. The molecule has 2 aromatic carbocycles. The van der Waals surface area contributed by atoms with Crippen molar-refractivity contribution in [3.63, 3.8) is 0 Å². The highest BCUT2D eigenvalue weighted by molar-refractivity contribution is 5.68. The number of hydrogen-bond acceptors (Lipinski definition) is 2. The second kappa shape index (κ2) is 6.79. The highest BCUT2D eigenvalue weighted by Crippen LogP contribution is 2.44. The van der Waals surface area contributed by atoms with Gasteiger partial charge in [-0.15, -0.1) is 13.2 Å². The average molecular weight is 379 g/mol. The predicted molar refractivity (Wildman–Crippen MR) is 94.6 cm³/mol. The first-order chi connectivity index (χ1) is 12.5. The van der Waals surface area contributed by atoms with Gasteiger partial charge < -0.3 is 15.2 Å². The van der Waals surface area contributed by atoms with Crippen molar-refractivity contribution in [2.75, 3.05) is 0 Å². The highest BCUT2D eigenvalue weighted by atomic mass is 19.4. The minimum Gasteiger partial charge on any atom is -0.465 e. The third-order valence-electron chi connectivity index (χ3n) is 4.97. The van der Waals surface area contributed by atoms with Crippen LogP contribution in [-0.4, -0.2) is 17.6 Å². The van der Waals surface area contributed by atoms with Gasteiger partial charge in [0.2, 0.25) is 0 Å². The Labute approximate surface area is 155 Å². The zero-order valence-electron chi connectivity index (χ0n) is 14.9. The number of rotatable bonds is 3. The van der Waals surface area contributed by atoms with Gasteiger partial charge in [0.15, 0.2) is 0 Å². The van der Waals surface area contributed by atoms with E-state index in [1.165, 1.54) is 12.1 Å². The minimum atomic E-state index is -4.73. The summed E-state index contributed by atoms with van der Waals surface area (Å²) in [6.07, 6.45) is -4.11. The van der Waals surface area contributed by atoms with Crippen LogP contribution in [-0.2, 0) is 6.42 Å². The molecule has 0 saturated heterocycles. The van der Waals surface area contributed by atoms with Crippen molar-refractivity contribution in [1.29, 1.82) is 0 Å². The number of benzene rings is 2. The molecule has 0 spiro atoms. The molecule has 0 heterocycles. The van der Waals surface area contributed by atoms with E-state index < -0.39 is 12.5 Å². The fraction of sp³-hybridized carbons (Fsp3) is 0.350. The second-order valence-corrected chi connectivity index (χ2v) is 7.36. The average Bonchev–Trinajstić information content (AvgIpc) is 2.56. The molecule has 2 N–H and O–H groups in total. The molecule has 7 heteroatoms. The Morgan fingerprint density at radius 3 is 2.37 bits per heavy atom. The lowest BCUT2D eigenvalue weighted by Crippen LogP contribution is -2.40. The topological polar surface area (TPSA) is 58.6 Å². The van der Waals surface area contributed by atoms with Crippen LogP contribution in [0, 0.1) is 5.41 Å². The van der Waals surface area contributed by atoms with Crippen LogP contribution < -0.4 is 10.1 Å². The van der Waals surface area contributed by atoms with Crippen LogP contribution in [0.1, 0.15) is 37.4 Å². The number of aryl methyl sites for hydroxylation is 1. The summed E-state index contributed by atoms with van der Waals surface area (Å²) in [7, 11) is 0. The van der Waals surface area contributed by atoms with Gasteiger partial charge in [0, 0.05) is 0 Å². The zero-order chi connectivity index (χ0) is 19.8. The molecule has 1 atom stereocenters. The maximum atomic E-state index is 12.3. The van der Waals surface area contributed by atoms with Gasteiger partial charge in [0.25, 0.3) is 0 Å². The zero-order valence-corrected chi connectivity index (χ0v) is 14.9. The van der Waals surface area contributed by atoms with Crippen LogP contribution in [0.3, 0.4) is 0 Å². The Bertz CT molecular complexity index is 845. The van der Waals surface area contributed by atoms with Gasteiger partial charge in [-0.1, -0.05) is 38.1 Å². The number of ether oxygens (including phenoxy) is 1. The number of hydrogen-bond donors (Lipinski definition) is 2. The summed E-state index contributed by atoms with van der Waals surface area (Å²) in [4.78, 5) is 11.3. The number of fused-ring (bicyclic) bond motifs is 1. The fourth-order valence-electron chi connectivity index (χ4n) is 3.54. The molecule has 0 radical (unpaired) electrons. The Hall–Kier alpha value is -2.70. The SMILES string of the molecule is CC1(C)CCc2ccc(-c3ccc(OC(F)(F)F)cc3)cc2[C@H]1NC(=O)O. The highest BCUT2D eigenvalue weighted by Gasteiger charge is 2.37. The number of amides is 1. The summed E-state index contributed by atoms with van der Waals surface area (Å²) < 4.78 is 40.8. The van der Waals surface area contributed by atoms with Gasteiger partial charge in [-0.05, 0) is 58.7 Å². The smallest absolute Gasteiger partial charge is 0.465 e. The lowest BCUT2D eigenvalue weighted by molar-refractivity contribution is -0.274. The maximum Gasteiger partial charge on any atom is 0.573 e. The Morgan fingerprint density at radius 2 is 1.78 bits per heavy atom. The van der Waals surface area contributed by atoms with Gasteiger partial charge in [0.05, 0.1) is 6.04 Å². The van der Waals surface area contributed by atoms with Gasteiger partial charge in [-0.25, -0.2) is 4.79 Å². The molecule has 27 heavy (non-hydrogen) atoms. The molecule has 1 amide bonds. The monoisotopic (exact) mass is 379 g/mol. The van der Waals surface area contributed by atoms with E-state index in [9.17, 15) is 23.1 Å². The normalized spacial score (nSPS) is 18.5. The largest absolute Gasteiger partial charge is 0.573 e. The van der Waals surface area contributed by atoms with E-state index in [1.54, 1.807) is 12.1 Å². The van der Waals surface area contributed by atoms with E-state index in [2.05, 4.69) is 10.1 Å². The van der Waals surface area contributed by atoms with Crippen LogP contribution in [0.15, 0.2) is 42.5 Å². The summed E-state index contributed by atoms with van der Waals surface area (Å²) in [5, 5.41) is 11.8. The van der Waals surface area contributed by atoms with Gasteiger partial charge in [0.1, 0.15) is 5.75 Å². The first-order valence-electron chi connectivity index (χ1n) is 8.54. The molecule has 2 aromatic rings. The first kappa shape index (κ1) is 19.1. The van der Waals surface area contributed by atoms with Gasteiger partial charge in [-0.2, -0.15) is 0 Å². The molecule has 0 aliphatic heterocycles. The van der Waals surface area contributed by atoms with E-state index in [4.69, 9.17) is 0 Å². The molecular formula is C20H20F3NO3. The lowest BCUT2D eigenvalue weighted by atomic mass is 9.70. The van der Waals surface area contributed by atoms with Crippen molar-refractivity contribution >= 4 is 6.09 Å². The summed E-state index contributed by atoms with van der Waals surface area (Å²) in [6, 6.07) is 11.0. The van der Waals surface area contributed by atoms with Crippen LogP contribution in [0.5, 0.6) is 5.75 Å². The van der Waals surface area contributed by atoms with E-state index in [1.807, 2.05) is 32.0 Å². The number of carboxylic acid groups (broad SMARTS) is 1. The van der Waals surface area contributed by atoms with Crippen molar-refractivity contribution in [3.05, 3.63) is 53.6 Å². The summed E-state index contributed by atoms with van der Waals surface area (Å²) in [6.45, 7) is 4.04. The number of alkyl halides is 3. The van der Waals surface area contributed by atoms with E-state index in [-0.39, 0.29) is 17.2 Å². The molecule has 1 aliphatic rings. The van der Waals surface area contributed by atoms with Crippen molar-refractivity contribution in [1.82, 2.24) is 5.32 Å². The Kier molecular flexibility index (Phi) is 4.80. The molecule has 0 aromatic heterocycles. The molecule has 0 saturated carbocycles. The molecule has 3 rings (SSSR count). The third-order valence-corrected chi connectivity index (χ3v) is 4.97. The summed E-state index contributed by atoms with van der Waals surface area (Å²) in [5.74, 6) is -0.282. The maximum absolute atomic E-state index is 12.3. The van der Waals surface area contributed by atoms with E-state index in [0.29, 0.717) is 0 Å². The number of carbonyl (C=O) groups is 1. The Morgan fingerprint density at radius 1 is 1.15 bits per heavy atom. The van der Waals surface area contributed by atoms with Crippen molar-refractivity contribution < 1.29 is 27.8 Å². The summed E-state index contributed by atoms with van der Waals surface area (Å²) in [5.41, 5.74) is 3.27. The minimum absolute atomic E-state index is 0.242.